The predicted molar refractivity (Wildman–Crippen MR) is 93.0 cm³/mol. The lowest BCUT2D eigenvalue weighted by Crippen LogP contribution is -2.21. The van der Waals surface area contributed by atoms with E-state index in [2.05, 4.69) is 15.0 Å². The molecule has 2 N–H and O–H groups in total. The molecule has 1 aromatic carbocycles. The fourth-order valence-corrected chi connectivity index (χ4v) is 3.81. The number of aryl methyl sites for hydroxylation is 1. The van der Waals surface area contributed by atoms with E-state index in [0.717, 1.165) is 39.6 Å². The number of fused-ring (bicyclic) bond motifs is 1. The molecule has 0 radical (unpaired) electrons. The molecule has 2 aromatic heterocycles. The Morgan fingerprint density at radius 3 is 2.96 bits per heavy atom. The molecule has 1 fully saturated rings. The van der Waals surface area contributed by atoms with Crippen LogP contribution in [-0.4, -0.2) is 39.3 Å². The zero-order valence-corrected chi connectivity index (χ0v) is 14.3. The molecule has 3 aromatic rings. The summed E-state index contributed by atoms with van der Waals surface area (Å²) in [5.41, 5.74) is 2.92. The molecule has 0 spiro atoms. The Hall–Kier alpha value is -1.82. The molecule has 2 atom stereocenters. The number of nitrogens with one attached hydrogen (secondary N) is 1. The average Bonchev–Trinajstić information content (AvgIpc) is 3.21. The molecule has 2 unspecified atom stereocenters. The highest BCUT2D eigenvalue weighted by atomic mass is 35.5. The third-order valence-corrected chi connectivity index (χ3v) is 5.15. The van der Waals surface area contributed by atoms with Gasteiger partial charge in [-0.3, -0.25) is 4.90 Å². The minimum atomic E-state index is -0.362. The summed E-state index contributed by atoms with van der Waals surface area (Å²) in [6, 6.07) is 9.96. The summed E-state index contributed by atoms with van der Waals surface area (Å²) < 4.78 is 5.28. The van der Waals surface area contributed by atoms with Gasteiger partial charge in [0, 0.05) is 54.6 Å². The van der Waals surface area contributed by atoms with Crippen molar-refractivity contribution in [3.8, 4) is 0 Å². The van der Waals surface area contributed by atoms with Crippen LogP contribution in [0, 0.1) is 12.8 Å². The van der Waals surface area contributed by atoms with Gasteiger partial charge in [-0.2, -0.15) is 0 Å². The number of aliphatic hydroxyl groups excluding tert-OH is 1. The number of aromatic nitrogens is 2. The predicted octanol–water partition coefficient (Wildman–Crippen LogP) is 3.15. The van der Waals surface area contributed by atoms with E-state index in [-0.39, 0.29) is 12.0 Å². The van der Waals surface area contributed by atoms with E-state index in [1.165, 1.54) is 0 Å². The number of H-pyrrole nitrogens is 1. The Morgan fingerprint density at radius 1 is 1.38 bits per heavy atom. The van der Waals surface area contributed by atoms with Crippen LogP contribution in [0.5, 0.6) is 0 Å². The highest BCUT2D eigenvalue weighted by Crippen LogP contribution is 2.30. The minimum Gasteiger partial charge on any atom is -0.391 e. The van der Waals surface area contributed by atoms with Crippen LogP contribution in [0.25, 0.3) is 10.9 Å². The molecular weight excluding hydrogens is 326 g/mol. The molecule has 0 aliphatic carbocycles. The van der Waals surface area contributed by atoms with Crippen LogP contribution >= 0.6 is 11.6 Å². The van der Waals surface area contributed by atoms with Crippen molar-refractivity contribution in [2.24, 2.45) is 5.92 Å². The van der Waals surface area contributed by atoms with Crippen molar-refractivity contribution in [1.29, 1.82) is 0 Å². The number of rotatable bonds is 4. The van der Waals surface area contributed by atoms with Crippen molar-refractivity contribution in [2.45, 2.75) is 26.0 Å². The van der Waals surface area contributed by atoms with Gasteiger partial charge in [-0.15, -0.1) is 0 Å². The van der Waals surface area contributed by atoms with Gasteiger partial charge in [-0.25, -0.2) is 0 Å². The smallest absolute Gasteiger partial charge is 0.137 e. The van der Waals surface area contributed by atoms with Crippen LogP contribution in [0.1, 0.15) is 17.1 Å². The Labute approximate surface area is 145 Å². The second kappa shape index (κ2) is 6.24. The van der Waals surface area contributed by atoms with E-state index < -0.39 is 0 Å². The van der Waals surface area contributed by atoms with Crippen LogP contribution in [0.2, 0.25) is 5.02 Å². The van der Waals surface area contributed by atoms with Crippen molar-refractivity contribution in [3.63, 3.8) is 0 Å². The molecule has 0 saturated carbocycles. The first kappa shape index (κ1) is 15.7. The highest BCUT2D eigenvalue weighted by Gasteiger charge is 2.32. The van der Waals surface area contributed by atoms with Gasteiger partial charge in [0.05, 0.1) is 16.8 Å². The topological polar surface area (TPSA) is 65.3 Å². The average molecular weight is 346 g/mol. The zero-order valence-electron chi connectivity index (χ0n) is 13.5. The van der Waals surface area contributed by atoms with Gasteiger partial charge >= 0.3 is 0 Å². The van der Waals surface area contributed by atoms with Crippen molar-refractivity contribution in [1.82, 2.24) is 15.0 Å². The normalized spacial score (nSPS) is 21.8. The highest BCUT2D eigenvalue weighted by molar-refractivity contribution is 6.36. The molecule has 126 valence electrons. The van der Waals surface area contributed by atoms with Crippen LogP contribution in [-0.2, 0) is 13.0 Å². The first-order valence-electron chi connectivity index (χ1n) is 8.18. The number of benzene rings is 1. The maximum Gasteiger partial charge on any atom is 0.137 e. The Morgan fingerprint density at radius 2 is 2.21 bits per heavy atom. The summed E-state index contributed by atoms with van der Waals surface area (Å²) in [4.78, 5) is 5.62. The van der Waals surface area contributed by atoms with Gasteiger partial charge < -0.3 is 14.6 Å². The largest absolute Gasteiger partial charge is 0.391 e. The number of nitrogens with zero attached hydrogens (tertiary/aromatic N) is 2. The molecule has 0 amide bonds. The van der Waals surface area contributed by atoms with E-state index in [4.69, 9.17) is 16.1 Å². The lowest BCUT2D eigenvalue weighted by atomic mass is 10.0. The van der Waals surface area contributed by atoms with Crippen molar-refractivity contribution >= 4 is 22.5 Å². The molecular formula is C18H20ClN3O2. The van der Waals surface area contributed by atoms with Crippen LogP contribution < -0.4 is 0 Å². The van der Waals surface area contributed by atoms with Crippen LogP contribution in [0.3, 0.4) is 0 Å². The van der Waals surface area contributed by atoms with Gasteiger partial charge in [0.2, 0.25) is 0 Å². The van der Waals surface area contributed by atoms with Crippen LogP contribution in [0.4, 0.5) is 0 Å². The summed E-state index contributed by atoms with van der Waals surface area (Å²) in [5.74, 6) is 0.988. The Balaban J connectivity index is 1.46. The number of aliphatic hydroxyl groups is 1. The van der Waals surface area contributed by atoms with E-state index in [9.17, 15) is 5.11 Å². The fourth-order valence-electron chi connectivity index (χ4n) is 3.54. The number of para-hydroxylation sites is 1. The summed E-state index contributed by atoms with van der Waals surface area (Å²) in [5, 5.41) is 16.1. The van der Waals surface area contributed by atoms with Crippen molar-refractivity contribution < 1.29 is 9.63 Å². The molecule has 6 heteroatoms. The molecule has 0 bridgehead atoms. The maximum absolute atomic E-state index is 10.4. The third kappa shape index (κ3) is 2.95. The van der Waals surface area contributed by atoms with Crippen molar-refractivity contribution in [2.75, 3.05) is 13.1 Å². The fraction of sp³-hybridized carbons (Fsp3) is 0.389. The third-order valence-electron chi connectivity index (χ3n) is 4.72. The first-order chi connectivity index (χ1) is 11.6. The van der Waals surface area contributed by atoms with E-state index in [1.807, 2.05) is 37.3 Å². The molecule has 1 aliphatic heterocycles. The van der Waals surface area contributed by atoms with Gasteiger partial charge in [0.15, 0.2) is 0 Å². The number of hydrogen-bond donors (Lipinski definition) is 2. The number of β-amino-alcohol motifs (C(OH)–C–C–N with tert-alkyl or cyclic N) is 1. The molecule has 1 aliphatic rings. The number of hydrogen-bond acceptors (Lipinski definition) is 4. The van der Waals surface area contributed by atoms with Crippen LogP contribution in [0.15, 0.2) is 34.9 Å². The van der Waals surface area contributed by atoms with Gasteiger partial charge in [-0.1, -0.05) is 35.0 Å². The van der Waals surface area contributed by atoms with E-state index in [0.29, 0.717) is 19.5 Å². The first-order valence-corrected chi connectivity index (χ1v) is 8.55. The van der Waals surface area contributed by atoms with Gasteiger partial charge in [-0.05, 0) is 13.0 Å². The SMILES string of the molecule is Cc1cc(CC2CN(Cc3[nH]c4ccccc4c3Cl)CC2O)on1. The number of likely N-dealkylation sites (tertiary alicyclic amines) is 1. The number of aromatic amines is 1. The molecule has 24 heavy (non-hydrogen) atoms. The molecule has 5 nitrogen and oxygen atoms in total. The summed E-state index contributed by atoms with van der Waals surface area (Å²) >= 11 is 6.50. The molecule has 3 heterocycles. The minimum absolute atomic E-state index is 0.153. The molecule has 4 rings (SSSR count). The van der Waals surface area contributed by atoms with Gasteiger partial charge in [0.25, 0.3) is 0 Å². The summed E-state index contributed by atoms with van der Waals surface area (Å²) in [6.07, 6.45) is 0.345. The lowest BCUT2D eigenvalue weighted by molar-refractivity contribution is 0.137. The van der Waals surface area contributed by atoms with E-state index >= 15 is 0 Å². The standard InChI is InChI=1S/C18H20ClN3O2/c1-11-6-13(24-21-11)7-12-8-22(10-17(12)23)9-16-18(19)14-4-2-3-5-15(14)20-16/h2-6,12,17,20,23H,7-10H2,1H3. The Kier molecular flexibility index (Phi) is 4.08. The quantitative estimate of drug-likeness (QED) is 0.762. The van der Waals surface area contributed by atoms with Gasteiger partial charge in [0.1, 0.15) is 5.76 Å². The maximum atomic E-state index is 10.4. The zero-order chi connectivity index (χ0) is 16.7. The summed E-state index contributed by atoms with van der Waals surface area (Å²) in [7, 11) is 0. The number of halogens is 1. The molecule has 1 saturated heterocycles. The van der Waals surface area contributed by atoms with E-state index in [1.54, 1.807) is 0 Å². The Bertz CT molecular complexity index is 857. The van der Waals surface area contributed by atoms with Crippen molar-refractivity contribution in [3.05, 3.63) is 52.5 Å². The monoisotopic (exact) mass is 345 g/mol. The second-order valence-electron chi connectivity index (χ2n) is 6.62. The lowest BCUT2D eigenvalue weighted by Gasteiger charge is -2.14. The summed E-state index contributed by atoms with van der Waals surface area (Å²) in [6.45, 7) is 4.06. The second-order valence-corrected chi connectivity index (χ2v) is 7.00.